The lowest BCUT2D eigenvalue weighted by molar-refractivity contribution is 0.631. The van der Waals surface area contributed by atoms with Crippen LogP contribution < -0.4 is 0 Å². The number of rotatable bonds is 6. The zero-order chi connectivity index (χ0) is 34.3. The molecule has 0 bridgehead atoms. The van der Waals surface area contributed by atoms with Crippen molar-refractivity contribution in [1.82, 2.24) is 19.5 Å². The smallest absolute Gasteiger partial charge is 0.164 e. The number of fused-ring (bicyclic) bond motifs is 3. The van der Waals surface area contributed by atoms with E-state index in [4.69, 9.17) is 15.0 Å². The van der Waals surface area contributed by atoms with E-state index in [0.717, 1.165) is 38.6 Å². The van der Waals surface area contributed by atoms with E-state index in [-0.39, 0.29) is 5.82 Å². The van der Waals surface area contributed by atoms with Crippen molar-refractivity contribution in [1.29, 1.82) is 0 Å². The van der Waals surface area contributed by atoms with Crippen LogP contribution in [0.15, 0.2) is 170 Å². The number of aromatic nitrogens is 4. The highest BCUT2D eigenvalue weighted by atomic mass is 19.1. The van der Waals surface area contributed by atoms with Gasteiger partial charge in [0, 0.05) is 38.7 Å². The molecule has 7 aromatic carbocycles. The molecule has 51 heavy (non-hydrogen) atoms. The molecule has 0 saturated carbocycles. The van der Waals surface area contributed by atoms with Crippen LogP contribution in [0.1, 0.15) is 5.56 Å². The van der Waals surface area contributed by atoms with Crippen LogP contribution in [0.25, 0.3) is 83.9 Å². The molecule has 0 N–H and O–H groups in total. The summed E-state index contributed by atoms with van der Waals surface area (Å²) < 4.78 is 18.1. The largest absolute Gasteiger partial charge is 0.309 e. The van der Waals surface area contributed by atoms with E-state index in [1.165, 1.54) is 22.8 Å². The lowest BCUT2D eigenvalue weighted by Gasteiger charge is -2.16. The average molecular weight is 659 g/mol. The summed E-state index contributed by atoms with van der Waals surface area (Å²) >= 11 is 0. The summed E-state index contributed by atoms with van der Waals surface area (Å²) in [4.78, 5) is 14.9. The second-order valence-corrected chi connectivity index (χ2v) is 12.6. The predicted octanol–water partition coefficient (Wildman–Crippen LogP) is 11.8. The third-order valence-electron chi connectivity index (χ3n) is 9.49. The number of aryl methyl sites for hydroxylation is 1. The van der Waals surface area contributed by atoms with Gasteiger partial charge in [-0.25, -0.2) is 19.3 Å². The maximum Gasteiger partial charge on any atom is 0.164 e. The summed E-state index contributed by atoms with van der Waals surface area (Å²) in [7, 11) is 0. The number of benzene rings is 7. The lowest BCUT2D eigenvalue weighted by Crippen LogP contribution is -2.02. The second-order valence-electron chi connectivity index (χ2n) is 12.6. The molecule has 0 radical (unpaired) electrons. The zero-order valence-electron chi connectivity index (χ0n) is 27.8. The van der Waals surface area contributed by atoms with Crippen LogP contribution in [0.4, 0.5) is 4.39 Å². The monoisotopic (exact) mass is 658 g/mol. The van der Waals surface area contributed by atoms with Gasteiger partial charge in [0.1, 0.15) is 5.82 Å². The van der Waals surface area contributed by atoms with Crippen LogP contribution in [0.3, 0.4) is 0 Å². The van der Waals surface area contributed by atoms with Crippen LogP contribution >= 0.6 is 0 Å². The first kappa shape index (κ1) is 30.3. The van der Waals surface area contributed by atoms with E-state index in [1.807, 2.05) is 78.9 Å². The molecule has 0 atom stereocenters. The first-order valence-electron chi connectivity index (χ1n) is 17.0. The van der Waals surface area contributed by atoms with Gasteiger partial charge in [0.25, 0.3) is 0 Å². The Bertz CT molecular complexity index is 2660. The maximum absolute atomic E-state index is 15.8. The molecule has 0 saturated heterocycles. The van der Waals surface area contributed by atoms with Crippen molar-refractivity contribution in [2.75, 3.05) is 0 Å². The van der Waals surface area contributed by atoms with Gasteiger partial charge in [-0.1, -0.05) is 127 Å². The number of hydrogen-bond donors (Lipinski definition) is 0. The molecule has 0 unspecified atom stereocenters. The van der Waals surface area contributed by atoms with Crippen LogP contribution in [0.5, 0.6) is 0 Å². The van der Waals surface area contributed by atoms with Gasteiger partial charge < -0.3 is 4.57 Å². The first-order valence-corrected chi connectivity index (χ1v) is 17.0. The molecule has 0 spiro atoms. The van der Waals surface area contributed by atoms with Gasteiger partial charge in [-0.3, -0.25) is 0 Å². The Kier molecular flexibility index (Phi) is 7.51. The summed E-state index contributed by atoms with van der Waals surface area (Å²) in [5, 5.41) is 2.30. The van der Waals surface area contributed by atoms with Crippen LogP contribution in [0.2, 0.25) is 0 Å². The summed E-state index contributed by atoms with van der Waals surface area (Å²) in [5.41, 5.74) is 10.3. The summed E-state index contributed by atoms with van der Waals surface area (Å²) in [6.07, 6.45) is 0. The third kappa shape index (κ3) is 5.45. The molecule has 9 rings (SSSR count). The first-order chi connectivity index (χ1) is 25.1. The maximum atomic E-state index is 15.8. The Hall–Kier alpha value is -6.72. The molecule has 242 valence electrons. The minimum Gasteiger partial charge on any atom is -0.309 e. The summed E-state index contributed by atoms with van der Waals surface area (Å²) in [6, 6.07) is 56.4. The molecule has 0 aliphatic carbocycles. The van der Waals surface area contributed by atoms with Gasteiger partial charge in [0.2, 0.25) is 0 Å². The van der Waals surface area contributed by atoms with Gasteiger partial charge in [-0.2, -0.15) is 0 Å². The van der Waals surface area contributed by atoms with Crippen molar-refractivity contribution in [3.63, 3.8) is 0 Å². The molecule has 4 nitrogen and oxygen atoms in total. The number of nitrogens with zero attached hydrogens (tertiary/aromatic N) is 4. The minimum atomic E-state index is -0.318. The molecule has 9 aromatic rings. The number of para-hydroxylation sites is 1. The van der Waals surface area contributed by atoms with E-state index < -0.39 is 0 Å². The highest BCUT2D eigenvalue weighted by Crippen LogP contribution is 2.39. The fourth-order valence-electron chi connectivity index (χ4n) is 7.01. The molecule has 2 heterocycles. The van der Waals surface area contributed by atoms with E-state index in [0.29, 0.717) is 34.2 Å². The fraction of sp³-hybridized carbons (Fsp3) is 0.0217. The van der Waals surface area contributed by atoms with Gasteiger partial charge in [-0.15, -0.1) is 0 Å². The van der Waals surface area contributed by atoms with Crippen molar-refractivity contribution in [3.05, 3.63) is 181 Å². The Labute approximate surface area is 295 Å². The number of hydrogen-bond acceptors (Lipinski definition) is 3. The molecular formula is C46H31FN4. The zero-order valence-corrected chi connectivity index (χ0v) is 27.8. The quantitative estimate of drug-likeness (QED) is 0.179. The van der Waals surface area contributed by atoms with E-state index in [1.54, 1.807) is 6.07 Å². The van der Waals surface area contributed by atoms with Crippen molar-refractivity contribution in [2.45, 2.75) is 6.92 Å². The van der Waals surface area contributed by atoms with E-state index in [2.05, 4.69) is 90.4 Å². The van der Waals surface area contributed by atoms with Crippen molar-refractivity contribution in [3.8, 4) is 62.1 Å². The minimum absolute atomic E-state index is 0.318. The van der Waals surface area contributed by atoms with E-state index >= 15 is 4.39 Å². The van der Waals surface area contributed by atoms with Crippen LogP contribution in [-0.2, 0) is 0 Å². The SMILES string of the molecule is Cc1ccccc1-c1ccc2c(c1)c1ccccc1n2-c1ccc(-c2nc(-c3ccccc3)nc(-c3ccccc3)n2)c(-c2ccccc2F)c1. The van der Waals surface area contributed by atoms with E-state index in [9.17, 15) is 0 Å². The van der Waals surface area contributed by atoms with Crippen molar-refractivity contribution >= 4 is 21.8 Å². The predicted molar refractivity (Wildman–Crippen MR) is 206 cm³/mol. The molecule has 2 aromatic heterocycles. The highest BCUT2D eigenvalue weighted by Gasteiger charge is 2.20. The summed E-state index contributed by atoms with van der Waals surface area (Å²) in [6.45, 7) is 2.15. The second kappa shape index (κ2) is 12.6. The molecule has 5 heteroatoms. The van der Waals surface area contributed by atoms with Gasteiger partial charge in [0.15, 0.2) is 17.5 Å². The Morgan fingerprint density at radius 3 is 1.71 bits per heavy atom. The standard InChI is InChI=1S/C46H31FN4/c1-30-14-8-9-19-35(30)33-24-27-43-40(28-33)37-21-11-13-23-42(37)51(43)34-25-26-38(39(29-34)36-20-10-12-22-41(36)47)46-49-44(31-15-4-2-5-16-31)48-45(50-46)32-17-6-3-7-18-32/h2-29H,1H3. The highest BCUT2D eigenvalue weighted by molar-refractivity contribution is 6.10. The lowest BCUT2D eigenvalue weighted by atomic mass is 9.97. The number of halogens is 1. The Morgan fingerprint density at radius 1 is 0.412 bits per heavy atom. The van der Waals surface area contributed by atoms with Gasteiger partial charge in [-0.05, 0) is 71.6 Å². The van der Waals surface area contributed by atoms with Crippen LogP contribution in [0, 0.1) is 12.7 Å². The molecule has 0 amide bonds. The Balaban J connectivity index is 1.29. The third-order valence-corrected chi connectivity index (χ3v) is 9.49. The van der Waals surface area contributed by atoms with Crippen LogP contribution in [-0.4, -0.2) is 19.5 Å². The topological polar surface area (TPSA) is 43.6 Å². The Morgan fingerprint density at radius 2 is 1.00 bits per heavy atom. The van der Waals surface area contributed by atoms with Gasteiger partial charge >= 0.3 is 0 Å². The fourth-order valence-corrected chi connectivity index (χ4v) is 7.01. The van der Waals surface area contributed by atoms with Crippen molar-refractivity contribution < 1.29 is 4.39 Å². The average Bonchev–Trinajstić information content (AvgIpc) is 3.52. The van der Waals surface area contributed by atoms with Gasteiger partial charge in [0.05, 0.1) is 11.0 Å². The van der Waals surface area contributed by atoms with Crippen molar-refractivity contribution in [2.24, 2.45) is 0 Å². The molecule has 0 fully saturated rings. The molecule has 0 aliphatic rings. The summed E-state index contributed by atoms with van der Waals surface area (Å²) in [5.74, 6) is 1.25. The molecule has 0 aliphatic heterocycles. The molecular weight excluding hydrogens is 628 g/mol. The normalized spacial score (nSPS) is 11.3.